The Morgan fingerprint density at radius 2 is 1.09 bits per heavy atom. The molecule has 0 fully saturated rings. The number of hydrogen-bond donors (Lipinski definition) is 0. The van der Waals surface area contributed by atoms with Crippen LogP contribution in [0.15, 0.2) is 158 Å². The molecule has 0 radical (unpaired) electrons. The maximum absolute atomic E-state index is 9.50. The lowest BCUT2D eigenvalue weighted by Gasteiger charge is -2.39. The minimum Gasteiger partial charge on any atom is -0.309 e. The Morgan fingerprint density at radius 1 is 0.457 bits per heavy atom. The van der Waals surface area contributed by atoms with E-state index >= 15 is 0 Å². The van der Waals surface area contributed by atoms with Crippen LogP contribution >= 0.6 is 0 Å². The van der Waals surface area contributed by atoms with Gasteiger partial charge in [0.15, 0.2) is 0 Å². The van der Waals surface area contributed by atoms with E-state index in [1.165, 1.54) is 66.4 Å². The van der Waals surface area contributed by atoms with Crippen molar-refractivity contribution in [2.45, 2.75) is 5.41 Å². The predicted molar refractivity (Wildman–Crippen MR) is 187 cm³/mol. The highest BCUT2D eigenvalue weighted by molar-refractivity contribution is 6.12. The fraction of sp³-hybridized carbons (Fsp3) is 0.0227. The molecule has 0 amide bonds. The summed E-state index contributed by atoms with van der Waals surface area (Å²) in [5.41, 5.74) is 16.3. The summed E-state index contributed by atoms with van der Waals surface area (Å²) in [6, 6.07) is 59.5. The first-order valence-electron chi connectivity index (χ1n) is 15.8. The standard InChI is InChI=1S/C44H26N2/c45-27-28-10-7-11-29(24-28)30-12-8-13-31(25-30)32-22-23-34-33-14-1-3-17-37(33)44(40(34)26-32)38-18-4-6-21-42(38)46-41-20-5-2-15-35(41)36-16-9-19-39(44)43(36)46/h1-26H. The molecule has 2 nitrogen and oxygen atoms in total. The highest BCUT2D eigenvalue weighted by Gasteiger charge is 2.50. The number of nitrogens with zero attached hydrogens (tertiary/aromatic N) is 2. The molecule has 1 unspecified atom stereocenters. The highest BCUT2D eigenvalue weighted by atomic mass is 15.0. The molecule has 1 aliphatic carbocycles. The summed E-state index contributed by atoms with van der Waals surface area (Å²) in [7, 11) is 0. The molecule has 212 valence electrons. The van der Waals surface area contributed by atoms with E-state index in [0.717, 1.165) is 16.7 Å². The van der Waals surface area contributed by atoms with Crippen LogP contribution in [0, 0.1) is 11.3 Å². The molecule has 0 saturated carbocycles. The first-order chi connectivity index (χ1) is 22.8. The van der Waals surface area contributed by atoms with Crippen LogP contribution in [-0.4, -0.2) is 4.57 Å². The van der Waals surface area contributed by atoms with Gasteiger partial charge in [0.25, 0.3) is 0 Å². The highest BCUT2D eigenvalue weighted by Crippen LogP contribution is 2.61. The number of hydrogen-bond acceptors (Lipinski definition) is 1. The fourth-order valence-corrected chi connectivity index (χ4v) is 8.39. The van der Waals surface area contributed by atoms with E-state index in [2.05, 4.69) is 150 Å². The van der Waals surface area contributed by atoms with Crippen molar-refractivity contribution in [2.24, 2.45) is 0 Å². The van der Waals surface area contributed by atoms with E-state index in [1.807, 2.05) is 18.2 Å². The lowest BCUT2D eigenvalue weighted by molar-refractivity contribution is 0.749. The van der Waals surface area contributed by atoms with E-state index in [4.69, 9.17) is 0 Å². The lowest BCUT2D eigenvalue weighted by atomic mass is 9.65. The van der Waals surface area contributed by atoms with Gasteiger partial charge >= 0.3 is 0 Å². The molecule has 46 heavy (non-hydrogen) atoms. The zero-order valence-electron chi connectivity index (χ0n) is 24.9. The van der Waals surface area contributed by atoms with Crippen molar-refractivity contribution >= 4 is 21.8 Å². The first-order valence-corrected chi connectivity index (χ1v) is 15.8. The summed E-state index contributed by atoms with van der Waals surface area (Å²) in [6.07, 6.45) is 0. The third-order valence-corrected chi connectivity index (χ3v) is 10.2. The van der Waals surface area contributed by atoms with Crippen LogP contribution in [0.5, 0.6) is 0 Å². The summed E-state index contributed by atoms with van der Waals surface area (Å²) in [5.74, 6) is 0. The van der Waals surface area contributed by atoms with Gasteiger partial charge in [-0.2, -0.15) is 5.26 Å². The zero-order chi connectivity index (χ0) is 30.4. The minimum atomic E-state index is -0.471. The molecule has 0 N–H and O–H groups in total. The van der Waals surface area contributed by atoms with Crippen molar-refractivity contribution in [3.8, 4) is 45.1 Å². The van der Waals surface area contributed by atoms with E-state index in [-0.39, 0.29) is 0 Å². The third-order valence-electron chi connectivity index (χ3n) is 10.2. The summed E-state index contributed by atoms with van der Waals surface area (Å²) >= 11 is 0. The Kier molecular flexibility index (Phi) is 5.02. The van der Waals surface area contributed by atoms with Crippen LogP contribution in [0.25, 0.3) is 60.9 Å². The van der Waals surface area contributed by atoms with Crippen molar-refractivity contribution in [1.29, 1.82) is 5.26 Å². The minimum absolute atomic E-state index is 0.471. The molecule has 2 aliphatic rings. The zero-order valence-corrected chi connectivity index (χ0v) is 24.9. The number of nitriles is 1. The van der Waals surface area contributed by atoms with Crippen molar-refractivity contribution in [3.63, 3.8) is 0 Å². The van der Waals surface area contributed by atoms with Crippen LogP contribution in [0.3, 0.4) is 0 Å². The van der Waals surface area contributed by atoms with E-state index in [1.54, 1.807) is 0 Å². The van der Waals surface area contributed by atoms with Gasteiger partial charge in [0.05, 0.1) is 33.8 Å². The number of fused-ring (bicyclic) bond motifs is 12. The summed E-state index contributed by atoms with van der Waals surface area (Å²) in [6.45, 7) is 0. The average Bonchev–Trinajstić information content (AvgIpc) is 3.62. The van der Waals surface area contributed by atoms with Gasteiger partial charge in [-0.15, -0.1) is 0 Å². The smallest absolute Gasteiger partial charge is 0.0991 e. The van der Waals surface area contributed by atoms with Gasteiger partial charge < -0.3 is 4.57 Å². The maximum atomic E-state index is 9.50. The Balaban J connectivity index is 1.29. The second kappa shape index (κ2) is 9.17. The van der Waals surface area contributed by atoms with Crippen LogP contribution < -0.4 is 0 Å². The number of benzene rings is 7. The van der Waals surface area contributed by atoms with Gasteiger partial charge in [-0.25, -0.2) is 0 Å². The molecule has 7 aromatic carbocycles. The van der Waals surface area contributed by atoms with Crippen molar-refractivity contribution in [3.05, 3.63) is 186 Å². The quantitative estimate of drug-likeness (QED) is 0.199. The monoisotopic (exact) mass is 582 g/mol. The first kappa shape index (κ1) is 25.2. The second-order valence-corrected chi connectivity index (χ2v) is 12.4. The molecular formula is C44H26N2. The summed E-state index contributed by atoms with van der Waals surface area (Å²) in [5, 5.41) is 12.1. The molecule has 8 aromatic rings. The van der Waals surface area contributed by atoms with Crippen molar-refractivity contribution in [2.75, 3.05) is 0 Å². The summed E-state index contributed by atoms with van der Waals surface area (Å²) in [4.78, 5) is 0. The molecule has 1 spiro atoms. The van der Waals surface area contributed by atoms with E-state index in [0.29, 0.717) is 5.56 Å². The van der Waals surface area contributed by atoms with Crippen LogP contribution in [0.1, 0.15) is 27.8 Å². The normalized spacial score (nSPS) is 15.5. The molecule has 2 heteroatoms. The van der Waals surface area contributed by atoms with Gasteiger partial charge in [-0.3, -0.25) is 0 Å². The number of para-hydroxylation sites is 3. The molecule has 0 saturated heterocycles. The molecule has 0 bridgehead atoms. The molecule has 1 aliphatic heterocycles. The maximum Gasteiger partial charge on any atom is 0.0991 e. The van der Waals surface area contributed by atoms with Gasteiger partial charge in [0, 0.05) is 10.8 Å². The Labute approximate surface area is 267 Å². The fourth-order valence-electron chi connectivity index (χ4n) is 8.39. The Hall–Kier alpha value is -6.17. The van der Waals surface area contributed by atoms with Crippen LogP contribution in [-0.2, 0) is 5.41 Å². The number of rotatable bonds is 2. The molecule has 10 rings (SSSR count). The Bertz CT molecular complexity index is 2610. The van der Waals surface area contributed by atoms with E-state index < -0.39 is 5.41 Å². The lowest BCUT2D eigenvalue weighted by Crippen LogP contribution is -2.33. The SMILES string of the molecule is N#Cc1cccc(-c2cccc(-c3ccc4c(c3)C3(c5ccccc5-4)c4ccccc4-n4c5ccccc5c5cccc3c54)c2)c1. The predicted octanol–water partition coefficient (Wildman–Crippen LogP) is 10.7. The van der Waals surface area contributed by atoms with E-state index in [9.17, 15) is 5.26 Å². The molecule has 1 aromatic heterocycles. The van der Waals surface area contributed by atoms with Crippen LogP contribution in [0.4, 0.5) is 0 Å². The average molecular weight is 583 g/mol. The van der Waals surface area contributed by atoms with Crippen molar-refractivity contribution in [1.82, 2.24) is 4.57 Å². The number of aromatic nitrogens is 1. The summed E-state index contributed by atoms with van der Waals surface area (Å²) < 4.78 is 2.49. The molecule has 2 heterocycles. The second-order valence-electron chi connectivity index (χ2n) is 12.4. The van der Waals surface area contributed by atoms with Gasteiger partial charge in [0.2, 0.25) is 0 Å². The topological polar surface area (TPSA) is 28.7 Å². The van der Waals surface area contributed by atoms with Crippen LogP contribution in [0.2, 0.25) is 0 Å². The Morgan fingerprint density at radius 3 is 1.96 bits per heavy atom. The van der Waals surface area contributed by atoms with Gasteiger partial charge in [-0.05, 0) is 92.0 Å². The molecule has 1 atom stereocenters. The molecular weight excluding hydrogens is 556 g/mol. The van der Waals surface area contributed by atoms with Crippen molar-refractivity contribution < 1.29 is 0 Å². The van der Waals surface area contributed by atoms with Gasteiger partial charge in [-0.1, -0.05) is 121 Å². The van der Waals surface area contributed by atoms with Gasteiger partial charge in [0.1, 0.15) is 0 Å². The largest absolute Gasteiger partial charge is 0.309 e. The third kappa shape index (κ3) is 3.14.